The first-order chi connectivity index (χ1) is 15.5. The molecule has 8 nitrogen and oxygen atoms in total. The fraction of sp³-hybridized carbons (Fsp3) is 0.391. The number of amides is 2. The summed E-state index contributed by atoms with van der Waals surface area (Å²) in [7, 11) is 0. The molecule has 5 rings (SSSR count). The van der Waals surface area contributed by atoms with E-state index in [-0.39, 0.29) is 29.5 Å². The molecule has 3 aliphatic rings. The van der Waals surface area contributed by atoms with Gasteiger partial charge >= 0.3 is 0 Å². The third-order valence-electron chi connectivity index (χ3n) is 6.45. The van der Waals surface area contributed by atoms with Crippen LogP contribution in [0.15, 0.2) is 36.4 Å². The van der Waals surface area contributed by atoms with Gasteiger partial charge in [-0.3, -0.25) is 14.5 Å². The largest absolute Gasteiger partial charge is 0.364 e. The molecule has 0 aliphatic carbocycles. The first-order valence-corrected chi connectivity index (χ1v) is 10.9. The highest BCUT2D eigenvalue weighted by atomic mass is 19.1. The molecule has 2 fully saturated rings. The summed E-state index contributed by atoms with van der Waals surface area (Å²) in [6, 6.07) is 8.29. The Hall–Kier alpha value is -3.33. The summed E-state index contributed by atoms with van der Waals surface area (Å²) >= 11 is 0. The lowest BCUT2D eigenvalue weighted by molar-refractivity contribution is -0.119. The minimum atomic E-state index is -0.634. The number of nitrogens with one attached hydrogen (secondary N) is 2. The predicted molar refractivity (Wildman–Crippen MR) is 117 cm³/mol. The van der Waals surface area contributed by atoms with Gasteiger partial charge in [-0.2, -0.15) is 0 Å². The maximum Gasteiger partial charge on any atom is 0.267 e. The molecule has 9 heteroatoms. The zero-order valence-electron chi connectivity index (χ0n) is 17.6. The van der Waals surface area contributed by atoms with Gasteiger partial charge in [0.1, 0.15) is 23.4 Å². The Kier molecular flexibility index (Phi) is 5.34. The van der Waals surface area contributed by atoms with E-state index in [1.807, 2.05) is 12.1 Å². The van der Waals surface area contributed by atoms with Crippen molar-refractivity contribution in [1.29, 1.82) is 0 Å². The van der Waals surface area contributed by atoms with Crippen molar-refractivity contribution in [2.24, 2.45) is 5.73 Å². The topological polar surface area (TPSA) is 113 Å². The predicted octanol–water partition coefficient (Wildman–Crippen LogP) is 1.84. The van der Waals surface area contributed by atoms with Crippen LogP contribution >= 0.6 is 0 Å². The Balaban J connectivity index is 1.40. The van der Waals surface area contributed by atoms with Crippen LogP contribution in [0, 0.1) is 5.82 Å². The van der Waals surface area contributed by atoms with Gasteiger partial charge in [-0.25, -0.2) is 14.4 Å². The van der Waals surface area contributed by atoms with Gasteiger partial charge < -0.3 is 16.4 Å². The maximum absolute atomic E-state index is 13.2. The summed E-state index contributed by atoms with van der Waals surface area (Å²) in [5.41, 5.74) is 7.69. The molecule has 0 radical (unpaired) electrons. The molecule has 4 heterocycles. The van der Waals surface area contributed by atoms with E-state index in [1.165, 1.54) is 18.2 Å². The van der Waals surface area contributed by atoms with Crippen LogP contribution in [0.5, 0.6) is 0 Å². The van der Waals surface area contributed by atoms with E-state index in [0.717, 1.165) is 36.9 Å². The molecular formula is C23H25FN6O2. The number of carbonyl (C=O) groups excluding carboxylic acids is 2. The van der Waals surface area contributed by atoms with Gasteiger partial charge in [-0.1, -0.05) is 18.2 Å². The number of nitrogens with zero attached hydrogens (tertiary/aromatic N) is 3. The first-order valence-electron chi connectivity index (χ1n) is 10.9. The molecule has 2 saturated heterocycles. The molecule has 0 saturated carbocycles. The molecule has 2 bridgehead atoms. The lowest BCUT2D eigenvalue weighted by Gasteiger charge is -2.33. The number of aromatic nitrogens is 2. The van der Waals surface area contributed by atoms with Gasteiger partial charge in [-0.15, -0.1) is 0 Å². The molecule has 3 atom stereocenters. The summed E-state index contributed by atoms with van der Waals surface area (Å²) < 4.78 is 13.2. The second kappa shape index (κ2) is 8.31. The third-order valence-corrected chi connectivity index (χ3v) is 6.45. The molecule has 2 aromatic rings. The normalized spacial score (nSPS) is 24.8. The van der Waals surface area contributed by atoms with Crippen LogP contribution in [-0.2, 0) is 11.3 Å². The van der Waals surface area contributed by atoms with Gasteiger partial charge in [-0.05, 0) is 49.0 Å². The van der Waals surface area contributed by atoms with Gasteiger partial charge in [0.05, 0.1) is 0 Å². The van der Waals surface area contributed by atoms with Crippen LogP contribution in [0.2, 0.25) is 0 Å². The molecule has 0 spiro atoms. The van der Waals surface area contributed by atoms with Crippen LogP contribution in [-0.4, -0.2) is 51.4 Å². The van der Waals surface area contributed by atoms with E-state index in [9.17, 15) is 14.0 Å². The molecule has 32 heavy (non-hydrogen) atoms. The Bertz CT molecular complexity index is 1090. The second-order valence-electron chi connectivity index (χ2n) is 8.60. The first kappa shape index (κ1) is 20.6. The van der Waals surface area contributed by atoms with E-state index >= 15 is 0 Å². The van der Waals surface area contributed by atoms with Crippen molar-refractivity contribution in [1.82, 2.24) is 20.2 Å². The van der Waals surface area contributed by atoms with Crippen molar-refractivity contribution in [2.45, 2.75) is 50.4 Å². The average molecular weight is 436 g/mol. The molecule has 1 unspecified atom stereocenters. The monoisotopic (exact) mass is 436 g/mol. The highest BCUT2D eigenvalue weighted by Crippen LogP contribution is 2.39. The van der Waals surface area contributed by atoms with Crippen LogP contribution in [0.3, 0.4) is 0 Å². The average Bonchev–Trinajstić information content (AvgIpc) is 3.27. The maximum atomic E-state index is 13.2. The summed E-state index contributed by atoms with van der Waals surface area (Å²) in [6.07, 6.45) is 5.64. The lowest BCUT2D eigenvalue weighted by atomic mass is 9.99. The Morgan fingerprint density at radius 2 is 2.03 bits per heavy atom. The van der Waals surface area contributed by atoms with Crippen LogP contribution in [0.25, 0.3) is 5.57 Å². The van der Waals surface area contributed by atoms with Crippen molar-refractivity contribution in [3.8, 4) is 0 Å². The number of nitrogens with two attached hydrogens (primary N) is 1. The summed E-state index contributed by atoms with van der Waals surface area (Å²) in [5.74, 6) is -0.0565. The second-order valence-corrected chi connectivity index (χ2v) is 8.60. The number of hydrogen-bond donors (Lipinski definition) is 3. The number of benzene rings is 1. The number of anilines is 1. The van der Waals surface area contributed by atoms with E-state index in [0.29, 0.717) is 30.6 Å². The van der Waals surface area contributed by atoms with E-state index in [1.54, 1.807) is 0 Å². The molecule has 166 valence electrons. The lowest BCUT2D eigenvalue weighted by Crippen LogP contribution is -2.38. The van der Waals surface area contributed by atoms with E-state index in [4.69, 9.17) is 5.73 Å². The molecular weight excluding hydrogens is 411 g/mol. The van der Waals surface area contributed by atoms with Crippen LogP contribution in [0.1, 0.15) is 47.6 Å². The number of rotatable bonds is 6. The van der Waals surface area contributed by atoms with Crippen molar-refractivity contribution in [3.63, 3.8) is 0 Å². The molecule has 4 N–H and O–H groups in total. The number of carbonyl (C=O) groups is 2. The van der Waals surface area contributed by atoms with Gasteiger partial charge in [0.25, 0.3) is 5.91 Å². The summed E-state index contributed by atoms with van der Waals surface area (Å²) in [5, 5.41) is 5.89. The Labute approximate surface area is 185 Å². The fourth-order valence-corrected chi connectivity index (χ4v) is 4.83. The smallest absolute Gasteiger partial charge is 0.267 e. The van der Waals surface area contributed by atoms with Crippen LogP contribution in [0.4, 0.5) is 10.2 Å². The standard InChI is InChI=1S/C23H25FN6O2/c24-15-3-1-13(2-4-15)12-30-16-5-6-17(30)10-14(9-16)22-28-19(21(25)31)11-20(29-22)27-18-7-8-26-23(18)32/h1-4,9,11,16-18H,5-8,10,12H2,(H2,25,31)(H,26,32)(H,27,28,29)/t16-,17+,18?/m1/s1. The molecule has 3 aliphatic heterocycles. The van der Waals surface area contributed by atoms with E-state index in [2.05, 4.69) is 31.6 Å². The third kappa shape index (κ3) is 4.08. The molecule has 1 aromatic carbocycles. The highest BCUT2D eigenvalue weighted by molar-refractivity contribution is 5.92. The molecule has 2 amide bonds. The summed E-state index contributed by atoms with van der Waals surface area (Å²) in [4.78, 5) is 35.3. The quantitative estimate of drug-likeness (QED) is 0.637. The minimum absolute atomic E-state index is 0.0860. The van der Waals surface area contributed by atoms with Gasteiger partial charge in [0.2, 0.25) is 5.91 Å². The fourth-order valence-electron chi connectivity index (χ4n) is 4.83. The molecule has 1 aromatic heterocycles. The van der Waals surface area contributed by atoms with E-state index < -0.39 is 5.91 Å². The number of halogens is 1. The van der Waals surface area contributed by atoms with Crippen molar-refractivity contribution >= 4 is 23.2 Å². The number of primary amides is 1. The number of fused-ring (bicyclic) bond motifs is 2. The van der Waals surface area contributed by atoms with Crippen molar-refractivity contribution in [3.05, 3.63) is 59.3 Å². The zero-order chi connectivity index (χ0) is 22.2. The summed E-state index contributed by atoms with van der Waals surface area (Å²) in [6.45, 7) is 1.36. The van der Waals surface area contributed by atoms with Gasteiger partial charge in [0, 0.05) is 31.2 Å². The highest BCUT2D eigenvalue weighted by Gasteiger charge is 2.37. The zero-order valence-corrected chi connectivity index (χ0v) is 17.6. The Morgan fingerprint density at radius 1 is 1.22 bits per heavy atom. The Morgan fingerprint density at radius 3 is 2.72 bits per heavy atom. The van der Waals surface area contributed by atoms with Crippen molar-refractivity contribution in [2.75, 3.05) is 11.9 Å². The minimum Gasteiger partial charge on any atom is -0.364 e. The van der Waals surface area contributed by atoms with Crippen LogP contribution < -0.4 is 16.4 Å². The number of hydrogen-bond acceptors (Lipinski definition) is 6. The van der Waals surface area contributed by atoms with Gasteiger partial charge in [0.15, 0.2) is 5.82 Å². The SMILES string of the molecule is NC(=O)c1cc(NC2CCNC2=O)nc(C2=C[C@H]3CC[C@@H](C2)N3Cc2ccc(F)cc2)n1. The van der Waals surface area contributed by atoms with Crippen molar-refractivity contribution < 1.29 is 14.0 Å².